The molecule has 4 nitrogen and oxygen atoms in total. The molecule has 1 aliphatic carbocycles. The van der Waals surface area contributed by atoms with E-state index in [1.54, 1.807) is 11.8 Å². The number of hydrogen-bond acceptors (Lipinski definition) is 3. The second-order valence-electron chi connectivity index (χ2n) is 5.75. The highest BCUT2D eigenvalue weighted by molar-refractivity contribution is 5.90. The van der Waals surface area contributed by atoms with Crippen molar-refractivity contribution in [2.75, 3.05) is 0 Å². The third-order valence-corrected chi connectivity index (χ3v) is 3.16. The first-order valence-corrected chi connectivity index (χ1v) is 6.03. The Morgan fingerprint density at radius 2 is 2.12 bits per heavy atom. The molecule has 2 rings (SSSR count). The smallest absolute Gasteiger partial charge is 0.329 e. The van der Waals surface area contributed by atoms with Crippen LogP contribution in [0.2, 0.25) is 0 Å². The van der Waals surface area contributed by atoms with Crippen LogP contribution in [0.25, 0.3) is 0 Å². The Kier molecular flexibility index (Phi) is 2.76. The zero-order chi connectivity index (χ0) is 12.8. The van der Waals surface area contributed by atoms with E-state index in [-0.39, 0.29) is 23.8 Å². The third kappa shape index (κ3) is 2.21. The molecule has 0 N–H and O–H groups in total. The summed E-state index contributed by atoms with van der Waals surface area (Å²) in [5.41, 5.74) is -0.511. The number of esters is 1. The van der Waals surface area contributed by atoms with E-state index in [4.69, 9.17) is 4.74 Å². The third-order valence-electron chi connectivity index (χ3n) is 3.16. The Bertz CT molecular complexity index is 381. The first kappa shape index (κ1) is 12.1. The monoisotopic (exact) mass is 237 g/mol. The van der Waals surface area contributed by atoms with Crippen LogP contribution in [0.15, 0.2) is 12.2 Å². The Morgan fingerprint density at radius 1 is 1.47 bits per heavy atom. The van der Waals surface area contributed by atoms with Gasteiger partial charge in [0.05, 0.1) is 12.0 Å². The van der Waals surface area contributed by atoms with E-state index in [0.717, 1.165) is 6.42 Å². The van der Waals surface area contributed by atoms with Crippen LogP contribution in [0.1, 0.15) is 34.1 Å². The lowest BCUT2D eigenvalue weighted by molar-refractivity contribution is -0.164. The van der Waals surface area contributed by atoms with E-state index in [2.05, 4.69) is 0 Å². The van der Waals surface area contributed by atoms with Crippen LogP contribution in [0.4, 0.5) is 0 Å². The van der Waals surface area contributed by atoms with Crippen molar-refractivity contribution in [1.82, 2.24) is 4.90 Å². The maximum atomic E-state index is 11.9. The molecule has 1 fully saturated rings. The van der Waals surface area contributed by atoms with Gasteiger partial charge in [-0.3, -0.25) is 4.79 Å². The molecule has 3 unspecified atom stereocenters. The average molecular weight is 237 g/mol. The number of carbonyl (C=O) groups excluding carboxylic acids is 2. The highest BCUT2D eigenvalue weighted by atomic mass is 16.6. The number of fused-ring (bicyclic) bond motifs is 2. The van der Waals surface area contributed by atoms with Gasteiger partial charge in [-0.25, -0.2) is 4.79 Å². The molecule has 1 heterocycles. The molecule has 3 atom stereocenters. The standard InChI is InChI=1S/C13H19NO3/c1-8(12(16)17-13(2,3)4)14-10-6-5-9(7-10)11(14)15/h5-6,8-10H,7H2,1-4H3. The van der Waals surface area contributed by atoms with Crippen molar-refractivity contribution >= 4 is 11.9 Å². The minimum atomic E-state index is -0.511. The molecule has 1 amide bonds. The first-order chi connectivity index (χ1) is 7.79. The molecule has 1 saturated heterocycles. The van der Waals surface area contributed by atoms with Crippen LogP contribution in [0.3, 0.4) is 0 Å². The molecule has 1 aliphatic heterocycles. The highest BCUT2D eigenvalue weighted by Crippen LogP contribution is 2.34. The van der Waals surface area contributed by atoms with E-state index in [9.17, 15) is 9.59 Å². The van der Waals surface area contributed by atoms with E-state index < -0.39 is 11.6 Å². The van der Waals surface area contributed by atoms with Crippen molar-refractivity contribution in [3.05, 3.63) is 12.2 Å². The Labute approximate surface area is 102 Å². The second-order valence-corrected chi connectivity index (χ2v) is 5.75. The average Bonchev–Trinajstić information content (AvgIpc) is 2.74. The van der Waals surface area contributed by atoms with Crippen molar-refractivity contribution in [3.8, 4) is 0 Å². The van der Waals surface area contributed by atoms with Gasteiger partial charge in [-0.15, -0.1) is 0 Å². The molecule has 0 saturated carbocycles. The van der Waals surface area contributed by atoms with Gasteiger partial charge in [0.15, 0.2) is 0 Å². The summed E-state index contributed by atoms with van der Waals surface area (Å²) < 4.78 is 5.31. The topological polar surface area (TPSA) is 46.6 Å². The molecule has 4 heteroatoms. The van der Waals surface area contributed by atoms with Crippen molar-refractivity contribution in [1.29, 1.82) is 0 Å². The van der Waals surface area contributed by atoms with Crippen molar-refractivity contribution in [2.24, 2.45) is 5.92 Å². The van der Waals surface area contributed by atoms with Crippen molar-refractivity contribution in [3.63, 3.8) is 0 Å². The number of ether oxygens (including phenoxy) is 1. The van der Waals surface area contributed by atoms with Gasteiger partial charge in [0, 0.05) is 0 Å². The zero-order valence-corrected chi connectivity index (χ0v) is 10.8. The van der Waals surface area contributed by atoms with Gasteiger partial charge in [0.1, 0.15) is 11.6 Å². The van der Waals surface area contributed by atoms with Crippen LogP contribution >= 0.6 is 0 Å². The lowest BCUT2D eigenvalue weighted by Gasteiger charge is -2.31. The number of hydrogen-bond donors (Lipinski definition) is 0. The van der Waals surface area contributed by atoms with E-state index in [0.29, 0.717) is 0 Å². The van der Waals surface area contributed by atoms with Crippen LogP contribution in [0.5, 0.6) is 0 Å². The largest absolute Gasteiger partial charge is 0.458 e. The molecule has 2 bridgehead atoms. The molecular weight excluding hydrogens is 218 g/mol. The van der Waals surface area contributed by atoms with Gasteiger partial charge in [-0.05, 0) is 34.1 Å². The maximum absolute atomic E-state index is 11.9. The summed E-state index contributed by atoms with van der Waals surface area (Å²) in [6.07, 6.45) is 4.75. The molecule has 0 aromatic rings. The fourth-order valence-corrected chi connectivity index (χ4v) is 2.40. The summed E-state index contributed by atoms with van der Waals surface area (Å²) in [7, 11) is 0. The summed E-state index contributed by atoms with van der Waals surface area (Å²) in [4.78, 5) is 25.5. The normalized spacial score (nSPS) is 28.7. The molecular formula is C13H19NO3. The summed E-state index contributed by atoms with van der Waals surface area (Å²) in [6.45, 7) is 7.22. The van der Waals surface area contributed by atoms with Gasteiger partial charge in [-0.1, -0.05) is 12.2 Å². The summed E-state index contributed by atoms with van der Waals surface area (Å²) in [5, 5.41) is 0. The van der Waals surface area contributed by atoms with Gasteiger partial charge < -0.3 is 9.64 Å². The minimum Gasteiger partial charge on any atom is -0.458 e. The molecule has 0 spiro atoms. The van der Waals surface area contributed by atoms with Gasteiger partial charge in [-0.2, -0.15) is 0 Å². The minimum absolute atomic E-state index is 0.0233. The van der Waals surface area contributed by atoms with Crippen LogP contribution in [-0.2, 0) is 14.3 Å². The Morgan fingerprint density at radius 3 is 2.59 bits per heavy atom. The maximum Gasteiger partial charge on any atom is 0.329 e. The number of carbonyl (C=O) groups is 2. The molecule has 0 aromatic heterocycles. The highest BCUT2D eigenvalue weighted by Gasteiger charge is 2.45. The number of amides is 1. The summed E-state index contributed by atoms with van der Waals surface area (Å²) in [6, 6.07) is -0.420. The fraction of sp³-hybridized carbons (Fsp3) is 0.692. The van der Waals surface area contributed by atoms with Gasteiger partial charge in [0.25, 0.3) is 0 Å². The quantitative estimate of drug-likeness (QED) is 0.540. The van der Waals surface area contributed by atoms with Crippen LogP contribution in [-0.4, -0.2) is 34.5 Å². The fourth-order valence-electron chi connectivity index (χ4n) is 2.40. The van der Waals surface area contributed by atoms with Gasteiger partial charge >= 0.3 is 5.97 Å². The molecule has 0 radical (unpaired) electrons. The predicted molar refractivity (Wildman–Crippen MR) is 63.2 cm³/mol. The lowest BCUT2D eigenvalue weighted by Crippen LogP contribution is -2.47. The van der Waals surface area contributed by atoms with E-state index in [1.165, 1.54) is 0 Å². The summed E-state index contributed by atoms with van der Waals surface area (Å²) in [5.74, 6) is -0.299. The second kappa shape index (κ2) is 3.86. The molecule has 17 heavy (non-hydrogen) atoms. The zero-order valence-electron chi connectivity index (χ0n) is 10.8. The summed E-state index contributed by atoms with van der Waals surface area (Å²) >= 11 is 0. The lowest BCUT2D eigenvalue weighted by atomic mass is 10.1. The molecule has 2 aliphatic rings. The number of rotatable bonds is 2. The van der Waals surface area contributed by atoms with Gasteiger partial charge in [0.2, 0.25) is 5.91 Å². The van der Waals surface area contributed by atoms with Crippen LogP contribution in [0, 0.1) is 5.92 Å². The SMILES string of the molecule is CC(C(=O)OC(C)(C)C)N1C(=O)C2C=CC1C2. The molecule has 94 valence electrons. The van der Waals surface area contributed by atoms with Crippen molar-refractivity contribution < 1.29 is 14.3 Å². The predicted octanol–water partition coefficient (Wildman–Crippen LogP) is 1.50. The number of nitrogens with zero attached hydrogens (tertiary/aromatic N) is 1. The Balaban J connectivity index is 2.06. The van der Waals surface area contributed by atoms with E-state index in [1.807, 2.05) is 32.9 Å². The Hall–Kier alpha value is -1.32. The van der Waals surface area contributed by atoms with E-state index >= 15 is 0 Å². The van der Waals surface area contributed by atoms with Crippen LogP contribution < -0.4 is 0 Å². The van der Waals surface area contributed by atoms with Crippen molar-refractivity contribution in [2.45, 2.75) is 51.8 Å². The molecule has 0 aromatic carbocycles. The first-order valence-electron chi connectivity index (χ1n) is 6.03. The number of likely N-dealkylation sites (tertiary alicyclic amines) is 1.